The average molecular weight is 345 g/mol. The molecule has 0 unspecified atom stereocenters. The standard InChI is InChI=1S/C19H24FN3O2/c1-13-11-18(24)22-19(21-13)14(2)23-9-7-17(8-10-23)25-12-15-3-5-16(20)6-4-15/h3-6,11,14,17H,7-10,12H2,1-2H3,(H,21,22,24)/t14-/m0/s1. The van der Waals surface area contributed by atoms with Crippen molar-refractivity contribution in [2.45, 2.75) is 45.4 Å². The van der Waals surface area contributed by atoms with Crippen molar-refractivity contribution in [1.29, 1.82) is 0 Å². The molecule has 2 aromatic rings. The highest BCUT2D eigenvalue weighted by atomic mass is 19.1. The number of nitrogens with zero attached hydrogens (tertiary/aromatic N) is 2. The normalized spacial score (nSPS) is 17.6. The molecule has 25 heavy (non-hydrogen) atoms. The summed E-state index contributed by atoms with van der Waals surface area (Å²) in [6.45, 7) is 6.20. The zero-order valence-corrected chi connectivity index (χ0v) is 14.7. The van der Waals surface area contributed by atoms with Crippen LogP contribution in [0.25, 0.3) is 0 Å². The summed E-state index contributed by atoms with van der Waals surface area (Å²) in [5.41, 5.74) is 1.62. The van der Waals surface area contributed by atoms with Gasteiger partial charge in [-0.25, -0.2) is 9.37 Å². The van der Waals surface area contributed by atoms with Gasteiger partial charge in [-0.3, -0.25) is 9.69 Å². The molecule has 1 fully saturated rings. The molecule has 1 aliphatic heterocycles. The van der Waals surface area contributed by atoms with Gasteiger partial charge < -0.3 is 9.72 Å². The van der Waals surface area contributed by atoms with Crippen molar-refractivity contribution < 1.29 is 9.13 Å². The number of piperidine rings is 1. The van der Waals surface area contributed by atoms with E-state index in [9.17, 15) is 9.18 Å². The first-order valence-corrected chi connectivity index (χ1v) is 8.69. The highest BCUT2D eigenvalue weighted by molar-refractivity contribution is 5.15. The van der Waals surface area contributed by atoms with Crippen molar-refractivity contribution in [2.75, 3.05) is 13.1 Å². The van der Waals surface area contributed by atoms with Crippen molar-refractivity contribution >= 4 is 0 Å². The van der Waals surface area contributed by atoms with E-state index in [0.29, 0.717) is 6.61 Å². The monoisotopic (exact) mass is 345 g/mol. The lowest BCUT2D eigenvalue weighted by Gasteiger charge is -2.35. The number of aryl methyl sites for hydroxylation is 1. The molecule has 3 rings (SSSR count). The molecule has 1 aromatic carbocycles. The fourth-order valence-electron chi connectivity index (χ4n) is 3.20. The van der Waals surface area contributed by atoms with Gasteiger partial charge in [-0.05, 0) is 44.4 Å². The number of nitrogens with one attached hydrogen (secondary N) is 1. The van der Waals surface area contributed by atoms with E-state index in [2.05, 4.69) is 21.8 Å². The maximum atomic E-state index is 12.9. The zero-order valence-electron chi connectivity index (χ0n) is 14.7. The number of H-pyrrole nitrogens is 1. The van der Waals surface area contributed by atoms with Crippen LogP contribution < -0.4 is 5.56 Å². The third kappa shape index (κ3) is 4.74. The quantitative estimate of drug-likeness (QED) is 0.905. The fourth-order valence-corrected chi connectivity index (χ4v) is 3.20. The summed E-state index contributed by atoms with van der Waals surface area (Å²) in [5.74, 6) is 0.490. The Balaban J connectivity index is 1.51. The fraction of sp³-hybridized carbons (Fsp3) is 0.474. The summed E-state index contributed by atoms with van der Waals surface area (Å²) in [5, 5.41) is 0. The highest BCUT2D eigenvalue weighted by Gasteiger charge is 2.25. The van der Waals surface area contributed by atoms with Crippen molar-refractivity contribution in [1.82, 2.24) is 14.9 Å². The van der Waals surface area contributed by atoms with Crippen molar-refractivity contribution in [3.63, 3.8) is 0 Å². The van der Waals surface area contributed by atoms with E-state index < -0.39 is 0 Å². The van der Waals surface area contributed by atoms with Crippen LogP contribution in [0.15, 0.2) is 35.1 Å². The molecule has 134 valence electrons. The average Bonchev–Trinajstić information content (AvgIpc) is 2.60. The lowest BCUT2D eigenvalue weighted by molar-refractivity contribution is -0.0105. The van der Waals surface area contributed by atoms with Crippen molar-refractivity contribution in [2.24, 2.45) is 0 Å². The Morgan fingerprint density at radius 1 is 1.32 bits per heavy atom. The molecule has 6 heteroatoms. The Morgan fingerprint density at radius 2 is 2.00 bits per heavy atom. The van der Waals surface area contributed by atoms with Crippen LogP contribution in [0.5, 0.6) is 0 Å². The van der Waals surface area contributed by atoms with Gasteiger partial charge in [-0.15, -0.1) is 0 Å². The van der Waals surface area contributed by atoms with Gasteiger partial charge in [0.25, 0.3) is 5.56 Å². The number of likely N-dealkylation sites (tertiary alicyclic amines) is 1. The van der Waals surface area contributed by atoms with Crippen molar-refractivity contribution in [3.8, 4) is 0 Å². The molecule has 5 nitrogen and oxygen atoms in total. The molecular weight excluding hydrogens is 321 g/mol. The van der Waals surface area contributed by atoms with E-state index in [4.69, 9.17) is 4.74 Å². The predicted molar refractivity (Wildman–Crippen MR) is 93.8 cm³/mol. The van der Waals surface area contributed by atoms with Crippen LogP contribution in [0.1, 0.15) is 42.9 Å². The third-order valence-electron chi connectivity index (χ3n) is 4.71. The maximum Gasteiger partial charge on any atom is 0.251 e. The largest absolute Gasteiger partial charge is 0.373 e. The Bertz CT molecular complexity index is 752. The van der Waals surface area contributed by atoms with Crippen LogP contribution in [-0.4, -0.2) is 34.1 Å². The molecular formula is C19H24FN3O2. The molecule has 1 atom stereocenters. The Morgan fingerprint density at radius 3 is 2.64 bits per heavy atom. The SMILES string of the molecule is Cc1cc(=O)[nH]c([C@H](C)N2CCC(OCc3ccc(F)cc3)CC2)n1. The minimum absolute atomic E-state index is 0.0747. The van der Waals surface area contributed by atoms with Gasteiger partial charge in [0.15, 0.2) is 0 Å². The number of ether oxygens (including phenoxy) is 1. The number of aromatic nitrogens is 2. The Kier molecular flexibility index (Phi) is 5.60. The van der Waals surface area contributed by atoms with Gasteiger partial charge in [0.1, 0.15) is 11.6 Å². The van der Waals surface area contributed by atoms with Gasteiger partial charge in [0.05, 0.1) is 18.8 Å². The molecule has 0 spiro atoms. The molecule has 1 aromatic heterocycles. The second kappa shape index (κ2) is 7.89. The van der Waals surface area contributed by atoms with Crippen molar-refractivity contribution in [3.05, 3.63) is 63.6 Å². The number of rotatable bonds is 5. The summed E-state index contributed by atoms with van der Waals surface area (Å²) in [6, 6.07) is 8.01. The molecule has 0 radical (unpaired) electrons. The first kappa shape index (κ1) is 17.8. The van der Waals surface area contributed by atoms with E-state index in [1.807, 2.05) is 6.92 Å². The lowest BCUT2D eigenvalue weighted by Crippen LogP contribution is -2.39. The molecule has 2 heterocycles. The smallest absolute Gasteiger partial charge is 0.251 e. The molecule has 1 N–H and O–H groups in total. The lowest BCUT2D eigenvalue weighted by atomic mass is 10.1. The Labute approximate surface area is 146 Å². The summed E-state index contributed by atoms with van der Waals surface area (Å²) in [4.78, 5) is 21.2. The van der Waals surface area contributed by atoms with E-state index in [1.54, 1.807) is 12.1 Å². The zero-order chi connectivity index (χ0) is 17.8. The van der Waals surface area contributed by atoms with E-state index in [-0.39, 0.29) is 23.5 Å². The number of aromatic amines is 1. The second-order valence-electron chi connectivity index (χ2n) is 6.62. The number of benzene rings is 1. The van der Waals surface area contributed by atoms with Crippen LogP contribution >= 0.6 is 0 Å². The second-order valence-corrected chi connectivity index (χ2v) is 6.62. The molecule has 0 saturated carbocycles. The first-order chi connectivity index (χ1) is 12.0. The van der Waals surface area contributed by atoms with Crippen LogP contribution in [0.4, 0.5) is 4.39 Å². The van der Waals surface area contributed by atoms with Crippen LogP contribution in [0.3, 0.4) is 0 Å². The number of hydrogen-bond donors (Lipinski definition) is 1. The molecule has 0 bridgehead atoms. The Hall–Kier alpha value is -2.05. The van der Waals surface area contributed by atoms with Crippen LogP contribution in [-0.2, 0) is 11.3 Å². The van der Waals surface area contributed by atoms with E-state index >= 15 is 0 Å². The summed E-state index contributed by atoms with van der Waals surface area (Å²) >= 11 is 0. The molecule has 0 aliphatic carbocycles. The van der Waals surface area contributed by atoms with Crippen LogP contribution in [0, 0.1) is 12.7 Å². The van der Waals surface area contributed by atoms with Crippen LogP contribution in [0.2, 0.25) is 0 Å². The van der Waals surface area contributed by atoms with Gasteiger partial charge in [-0.1, -0.05) is 12.1 Å². The van der Waals surface area contributed by atoms with Gasteiger partial charge in [0, 0.05) is 24.8 Å². The molecule has 1 saturated heterocycles. The van der Waals surface area contributed by atoms with Gasteiger partial charge >= 0.3 is 0 Å². The summed E-state index contributed by atoms with van der Waals surface area (Å²) < 4.78 is 18.9. The number of halogens is 1. The van der Waals surface area contributed by atoms with E-state index in [1.165, 1.54) is 18.2 Å². The molecule has 1 aliphatic rings. The van der Waals surface area contributed by atoms with Gasteiger partial charge in [-0.2, -0.15) is 0 Å². The molecule has 0 amide bonds. The minimum Gasteiger partial charge on any atom is -0.373 e. The number of hydrogen-bond acceptors (Lipinski definition) is 4. The van der Waals surface area contributed by atoms with E-state index in [0.717, 1.165) is 43.0 Å². The topological polar surface area (TPSA) is 58.2 Å². The maximum absolute atomic E-state index is 12.9. The summed E-state index contributed by atoms with van der Waals surface area (Å²) in [7, 11) is 0. The van der Waals surface area contributed by atoms with Gasteiger partial charge in [0.2, 0.25) is 0 Å². The predicted octanol–water partition coefficient (Wildman–Crippen LogP) is 2.96. The first-order valence-electron chi connectivity index (χ1n) is 8.69. The third-order valence-corrected chi connectivity index (χ3v) is 4.71. The minimum atomic E-state index is -0.228. The summed E-state index contributed by atoms with van der Waals surface area (Å²) in [6.07, 6.45) is 2.07. The highest BCUT2D eigenvalue weighted by Crippen LogP contribution is 2.23.